The molecule has 0 aliphatic heterocycles. The number of nitrogens with two attached hydrogens (primary N) is 1. The summed E-state index contributed by atoms with van der Waals surface area (Å²) < 4.78 is 0. The first-order valence-electron chi connectivity index (χ1n) is 4.44. The van der Waals surface area contributed by atoms with Crippen molar-refractivity contribution in [2.75, 3.05) is 25.0 Å². The molecule has 13 heavy (non-hydrogen) atoms. The quantitative estimate of drug-likeness (QED) is 0.736. The molecule has 4 nitrogen and oxygen atoms in total. The summed E-state index contributed by atoms with van der Waals surface area (Å²) in [5, 5.41) is 0. The number of anilines is 1. The first-order valence-corrected chi connectivity index (χ1v) is 4.44. The van der Waals surface area contributed by atoms with Crippen LogP contribution in [-0.4, -0.2) is 30.1 Å². The standard InChI is InChI=1S/C9H16N4/c1-8-9(12-6-5-11-8)13(2)7-3-4-10/h5-6H,3-4,7,10H2,1-2H3. The Hall–Kier alpha value is -1.16. The number of aryl methyl sites for hydroxylation is 1. The number of hydrogen-bond donors (Lipinski definition) is 1. The molecule has 0 saturated carbocycles. The number of rotatable bonds is 4. The first-order chi connectivity index (χ1) is 6.25. The van der Waals surface area contributed by atoms with E-state index in [2.05, 4.69) is 14.9 Å². The summed E-state index contributed by atoms with van der Waals surface area (Å²) in [5.41, 5.74) is 6.39. The van der Waals surface area contributed by atoms with Gasteiger partial charge in [-0.3, -0.25) is 4.98 Å². The Morgan fingerprint density at radius 2 is 2.08 bits per heavy atom. The highest BCUT2D eigenvalue weighted by Gasteiger charge is 2.04. The van der Waals surface area contributed by atoms with Crippen LogP contribution in [0.4, 0.5) is 5.82 Å². The van der Waals surface area contributed by atoms with Crippen LogP contribution in [0.1, 0.15) is 12.1 Å². The largest absolute Gasteiger partial charge is 0.358 e. The summed E-state index contributed by atoms with van der Waals surface area (Å²) >= 11 is 0. The molecule has 4 heteroatoms. The van der Waals surface area contributed by atoms with E-state index in [1.165, 1.54) is 0 Å². The minimum atomic E-state index is 0.712. The fourth-order valence-electron chi connectivity index (χ4n) is 1.21. The normalized spacial score (nSPS) is 10.1. The fraction of sp³-hybridized carbons (Fsp3) is 0.556. The van der Waals surface area contributed by atoms with Crippen LogP contribution in [0.15, 0.2) is 12.4 Å². The Kier molecular flexibility index (Phi) is 3.64. The van der Waals surface area contributed by atoms with Crippen LogP contribution < -0.4 is 10.6 Å². The van der Waals surface area contributed by atoms with Gasteiger partial charge in [-0.15, -0.1) is 0 Å². The van der Waals surface area contributed by atoms with E-state index in [1.807, 2.05) is 14.0 Å². The van der Waals surface area contributed by atoms with Crippen LogP contribution in [0.2, 0.25) is 0 Å². The van der Waals surface area contributed by atoms with Gasteiger partial charge >= 0.3 is 0 Å². The lowest BCUT2D eigenvalue weighted by atomic mass is 10.3. The van der Waals surface area contributed by atoms with Crippen LogP contribution in [0.25, 0.3) is 0 Å². The summed E-state index contributed by atoms with van der Waals surface area (Å²) in [6.07, 6.45) is 4.39. The van der Waals surface area contributed by atoms with E-state index in [0.717, 1.165) is 24.5 Å². The molecule has 1 aromatic heterocycles. The minimum Gasteiger partial charge on any atom is -0.358 e. The molecule has 1 rings (SSSR count). The summed E-state index contributed by atoms with van der Waals surface area (Å²) in [6, 6.07) is 0. The smallest absolute Gasteiger partial charge is 0.149 e. The lowest BCUT2D eigenvalue weighted by Gasteiger charge is -2.18. The third-order valence-electron chi connectivity index (χ3n) is 1.91. The summed E-state index contributed by atoms with van der Waals surface area (Å²) in [4.78, 5) is 10.5. The third-order valence-corrected chi connectivity index (χ3v) is 1.91. The lowest BCUT2D eigenvalue weighted by molar-refractivity contribution is 0.780. The number of aromatic nitrogens is 2. The van der Waals surface area contributed by atoms with E-state index in [1.54, 1.807) is 12.4 Å². The van der Waals surface area contributed by atoms with Crippen molar-refractivity contribution in [2.45, 2.75) is 13.3 Å². The van der Waals surface area contributed by atoms with Gasteiger partial charge < -0.3 is 10.6 Å². The molecule has 0 aliphatic carbocycles. The number of nitrogens with zero attached hydrogens (tertiary/aromatic N) is 3. The van der Waals surface area contributed by atoms with Gasteiger partial charge in [0, 0.05) is 26.0 Å². The van der Waals surface area contributed by atoms with Gasteiger partial charge in [0.1, 0.15) is 5.82 Å². The fourth-order valence-corrected chi connectivity index (χ4v) is 1.21. The predicted molar refractivity (Wildman–Crippen MR) is 53.7 cm³/mol. The molecule has 0 atom stereocenters. The first kappa shape index (κ1) is 9.92. The molecular weight excluding hydrogens is 164 g/mol. The topological polar surface area (TPSA) is 55.0 Å². The Labute approximate surface area is 78.8 Å². The van der Waals surface area contributed by atoms with Crippen molar-refractivity contribution < 1.29 is 0 Å². The average Bonchev–Trinajstić information content (AvgIpc) is 2.15. The lowest BCUT2D eigenvalue weighted by Crippen LogP contribution is -2.23. The highest BCUT2D eigenvalue weighted by atomic mass is 15.2. The molecule has 0 radical (unpaired) electrons. The van der Waals surface area contributed by atoms with Crippen molar-refractivity contribution in [3.63, 3.8) is 0 Å². The van der Waals surface area contributed by atoms with Crippen LogP contribution in [0, 0.1) is 6.92 Å². The van der Waals surface area contributed by atoms with E-state index in [9.17, 15) is 0 Å². The second-order valence-electron chi connectivity index (χ2n) is 3.03. The van der Waals surface area contributed by atoms with Crippen molar-refractivity contribution in [3.05, 3.63) is 18.1 Å². The molecule has 1 aromatic rings. The summed E-state index contributed by atoms with van der Waals surface area (Å²) in [7, 11) is 2.01. The average molecular weight is 180 g/mol. The van der Waals surface area contributed by atoms with E-state index >= 15 is 0 Å². The molecule has 0 spiro atoms. The van der Waals surface area contributed by atoms with Crippen LogP contribution in [0.3, 0.4) is 0 Å². The molecule has 0 bridgehead atoms. The second-order valence-corrected chi connectivity index (χ2v) is 3.03. The predicted octanol–water partition coefficient (Wildman–Crippen LogP) is 0.570. The van der Waals surface area contributed by atoms with Crippen LogP contribution >= 0.6 is 0 Å². The zero-order chi connectivity index (χ0) is 9.68. The molecule has 0 saturated heterocycles. The molecule has 0 amide bonds. The second kappa shape index (κ2) is 4.77. The Balaban J connectivity index is 2.65. The Morgan fingerprint density at radius 3 is 2.69 bits per heavy atom. The van der Waals surface area contributed by atoms with Gasteiger partial charge in [-0.05, 0) is 19.9 Å². The zero-order valence-corrected chi connectivity index (χ0v) is 8.20. The van der Waals surface area contributed by atoms with E-state index in [0.29, 0.717) is 6.54 Å². The molecule has 0 aromatic carbocycles. The van der Waals surface area contributed by atoms with Crippen molar-refractivity contribution in [1.29, 1.82) is 0 Å². The SMILES string of the molecule is Cc1nccnc1N(C)CCCN. The van der Waals surface area contributed by atoms with Crippen molar-refractivity contribution >= 4 is 5.82 Å². The number of hydrogen-bond acceptors (Lipinski definition) is 4. The maximum absolute atomic E-state index is 5.43. The van der Waals surface area contributed by atoms with Gasteiger partial charge in [-0.2, -0.15) is 0 Å². The van der Waals surface area contributed by atoms with E-state index in [4.69, 9.17) is 5.73 Å². The van der Waals surface area contributed by atoms with E-state index in [-0.39, 0.29) is 0 Å². The van der Waals surface area contributed by atoms with Crippen LogP contribution in [-0.2, 0) is 0 Å². The summed E-state index contributed by atoms with van der Waals surface area (Å²) in [5.74, 6) is 0.941. The van der Waals surface area contributed by atoms with E-state index < -0.39 is 0 Å². The van der Waals surface area contributed by atoms with Gasteiger partial charge in [0.15, 0.2) is 0 Å². The van der Waals surface area contributed by atoms with Crippen molar-refractivity contribution in [2.24, 2.45) is 5.73 Å². The molecular formula is C9H16N4. The monoisotopic (exact) mass is 180 g/mol. The third kappa shape index (κ3) is 2.66. The molecule has 0 aliphatic rings. The Bertz CT molecular complexity index is 262. The maximum atomic E-state index is 5.43. The molecule has 72 valence electrons. The molecule has 2 N–H and O–H groups in total. The molecule has 1 heterocycles. The highest BCUT2D eigenvalue weighted by molar-refractivity contribution is 5.40. The van der Waals surface area contributed by atoms with Gasteiger partial charge in [-0.1, -0.05) is 0 Å². The van der Waals surface area contributed by atoms with Gasteiger partial charge in [0.25, 0.3) is 0 Å². The van der Waals surface area contributed by atoms with Gasteiger partial charge in [0.05, 0.1) is 5.69 Å². The molecule has 0 unspecified atom stereocenters. The maximum Gasteiger partial charge on any atom is 0.149 e. The van der Waals surface area contributed by atoms with Crippen molar-refractivity contribution in [3.8, 4) is 0 Å². The highest BCUT2D eigenvalue weighted by Crippen LogP contribution is 2.11. The van der Waals surface area contributed by atoms with Crippen LogP contribution in [0.5, 0.6) is 0 Å². The van der Waals surface area contributed by atoms with Gasteiger partial charge in [0.2, 0.25) is 0 Å². The van der Waals surface area contributed by atoms with Crippen molar-refractivity contribution in [1.82, 2.24) is 9.97 Å². The minimum absolute atomic E-state index is 0.712. The summed E-state index contributed by atoms with van der Waals surface area (Å²) in [6.45, 7) is 3.60. The zero-order valence-electron chi connectivity index (χ0n) is 8.20. The molecule has 0 fully saturated rings. The van der Waals surface area contributed by atoms with Gasteiger partial charge in [-0.25, -0.2) is 4.98 Å². The Morgan fingerprint density at radius 1 is 1.38 bits per heavy atom.